The number of nitrogens with one attached hydrogen (secondary N) is 1. The molecule has 36 heavy (non-hydrogen) atoms. The van der Waals surface area contributed by atoms with Crippen molar-refractivity contribution in [3.63, 3.8) is 0 Å². The number of carbonyl (C=O) groups is 3. The minimum absolute atomic E-state index is 0.180. The molecule has 1 heterocycles. The molecule has 3 rings (SSSR count). The second-order valence-corrected chi connectivity index (χ2v) is 11.7. The lowest BCUT2D eigenvalue weighted by atomic mass is 9.39. The van der Waals surface area contributed by atoms with Crippen LogP contribution in [0.15, 0.2) is 12.7 Å². The van der Waals surface area contributed by atoms with Crippen molar-refractivity contribution in [1.82, 2.24) is 5.32 Å². The Morgan fingerprint density at radius 2 is 1.86 bits per heavy atom. The molecule has 3 N–H and O–H groups in total. The summed E-state index contributed by atoms with van der Waals surface area (Å²) >= 11 is 0. The number of carbonyl (C=O) groups excluding carboxylic acids is 3. The van der Waals surface area contributed by atoms with Crippen LogP contribution in [0.1, 0.15) is 60.8 Å². The number of aliphatic hydroxyl groups excluding tert-OH is 1. The van der Waals surface area contributed by atoms with E-state index in [1.54, 1.807) is 13.8 Å². The van der Waals surface area contributed by atoms with E-state index in [-0.39, 0.29) is 19.6 Å². The van der Waals surface area contributed by atoms with Crippen molar-refractivity contribution in [2.45, 2.75) is 95.9 Å². The number of esters is 1. The van der Waals surface area contributed by atoms with Gasteiger partial charge in [0.15, 0.2) is 17.5 Å². The Balaban J connectivity index is 2.27. The first kappa shape index (κ1) is 28.6. The van der Waals surface area contributed by atoms with Gasteiger partial charge in [-0.05, 0) is 32.1 Å². The second-order valence-electron chi connectivity index (χ2n) is 11.7. The van der Waals surface area contributed by atoms with Gasteiger partial charge in [-0.2, -0.15) is 0 Å². The van der Waals surface area contributed by atoms with E-state index in [0.29, 0.717) is 12.8 Å². The first-order valence-electron chi connectivity index (χ1n) is 12.4. The molecule has 0 aromatic rings. The van der Waals surface area contributed by atoms with Crippen LogP contribution < -0.4 is 5.32 Å². The molecule has 1 aliphatic heterocycles. The van der Waals surface area contributed by atoms with E-state index in [4.69, 9.17) is 18.9 Å². The van der Waals surface area contributed by atoms with Crippen molar-refractivity contribution in [2.24, 2.45) is 16.7 Å². The van der Waals surface area contributed by atoms with Crippen molar-refractivity contribution >= 4 is 17.8 Å². The highest BCUT2D eigenvalue weighted by atomic mass is 16.6. The van der Waals surface area contributed by atoms with Crippen LogP contribution in [-0.2, 0) is 28.5 Å². The average Bonchev–Trinajstić information content (AvgIpc) is 2.77. The largest absolute Gasteiger partial charge is 0.455 e. The van der Waals surface area contributed by atoms with Gasteiger partial charge in [0.2, 0.25) is 0 Å². The standard InChI is InChI=1S/C26H41NO9/c1-9-23(5)14-17(30)26(32)24(6)16(29)10-11-22(3,4)19(24)18(35-21(31)27-12-13-33-8)20(34-15(2)28)25(26,7)36-23/h9,16,18-20,29,32H,1,10-14H2,2-8H3,(H,27,31)/t16-,18-,19-,20-,23-,24-,25+,26-/m0/s1. The number of fused-ring (bicyclic) bond motifs is 3. The maximum Gasteiger partial charge on any atom is 0.407 e. The van der Waals surface area contributed by atoms with Crippen LogP contribution in [0, 0.1) is 16.7 Å². The first-order valence-corrected chi connectivity index (χ1v) is 12.4. The zero-order chi connectivity index (χ0) is 27.3. The summed E-state index contributed by atoms with van der Waals surface area (Å²) < 4.78 is 23.1. The van der Waals surface area contributed by atoms with E-state index < -0.39 is 69.7 Å². The predicted octanol–water partition coefficient (Wildman–Crippen LogP) is 1.90. The fourth-order valence-corrected chi connectivity index (χ4v) is 7.16. The Morgan fingerprint density at radius 1 is 1.22 bits per heavy atom. The molecule has 0 radical (unpaired) electrons. The minimum atomic E-state index is -2.27. The summed E-state index contributed by atoms with van der Waals surface area (Å²) in [5, 5.41) is 26.5. The molecule has 0 aromatic heterocycles. The predicted molar refractivity (Wildman–Crippen MR) is 129 cm³/mol. The van der Waals surface area contributed by atoms with Gasteiger partial charge < -0.3 is 34.5 Å². The third-order valence-electron chi connectivity index (χ3n) is 8.81. The molecule has 0 aromatic carbocycles. The van der Waals surface area contributed by atoms with Gasteiger partial charge in [-0.3, -0.25) is 9.59 Å². The van der Waals surface area contributed by atoms with E-state index in [2.05, 4.69) is 11.9 Å². The van der Waals surface area contributed by atoms with Gasteiger partial charge in [0, 0.05) is 38.3 Å². The summed E-state index contributed by atoms with van der Waals surface area (Å²) in [6.07, 6.45) is -2.31. The van der Waals surface area contributed by atoms with Crippen LogP contribution in [-0.4, -0.2) is 83.4 Å². The summed E-state index contributed by atoms with van der Waals surface area (Å²) in [6.45, 7) is 14.1. The molecule has 0 bridgehead atoms. The number of ether oxygens (including phenoxy) is 4. The highest BCUT2D eigenvalue weighted by molar-refractivity contribution is 5.92. The van der Waals surface area contributed by atoms with Gasteiger partial charge in [-0.15, -0.1) is 6.58 Å². The Morgan fingerprint density at radius 3 is 2.42 bits per heavy atom. The van der Waals surface area contributed by atoms with Crippen molar-refractivity contribution in [3.05, 3.63) is 12.7 Å². The second kappa shape index (κ2) is 9.38. The Hall–Kier alpha value is -2.01. The fourth-order valence-electron chi connectivity index (χ4n) is 7.16. The Bertz CT molecular complexity index is 921. The number of hydrogen-bond donors (Lipinski definition) is 3. The summed E-state index contributed by atoms with van der Waals surface area (Å²) in [7, 11) is 1.50. The van der Waals surface area contributed by atoms with Crippen molar-refractivity contribution < 1.29 is 43.5 Å². The minimum Gasteiger partial charge on any atom is -0.455 e. The van der Waals surface area contributed by atoms with Crippen molar-refractivity contribution in [2.75, 3.05) is 20.3 Å². The molecule has 10 heteroatoms. The number of rotatable bonds is 6. The van der Waals surface area contributed by atoms with Gasteiger partial charge in [0.1, 0.15) is 11.7 Å². The monoisotopic (exact) mass is 511 g/mol. The molecule has 0 spiro atoms. The number of ketones is 1. The molecule has 10 nitrogen and oxygen atoms in total. The molecule has 0 unspecified atom stereocenters. The molecule has 1 saturated heterocycles. The summed E-state index contributed by atoms with van der Waals surface area (Å²) in [5.41, 5.74) is -7.47. The molecular formula is C26H41NO9. The number of hydrogen-bond acceptors (Lipinski definition) is 9. The molecular weight excluding hydrogens is 470 g/mol. The molecule has 2 aliphatic carbocycles. The third-order valence-corrected chi connectivity index (χ3v) is 8.81. The van der Waals surface area contributed by atoms with Crippen LogP contribution in [0.3, 0.4) is 0 Å². The third kappa shape index (κ3) is 4.06. The summed E-state index contributed by atoms with van der Waals surface area (Å²) in [4.78, 5) is 39.2. The molecule has 1 amide bonds. The smallest absolute Gasteiger partial charge is 0.407 e. The van der Waals surface area contributed by atoms with Crippen LogP contribution in [0.2, 0.25) is 0 Å². The maximum atomic E-state index is 13.9. The SMILES string of the molecule is C=C[C@@]1(C)CC(=O)[C@]2(O)[C@@]3(C)[C@@H](O)CCC(C)(C)[C@@H]3[C@H](OC(=O)NCCOC)[C@H](OC(C)=O)[C@@]2(C)O1. The quantitative estimate of drug-likeness (QED) is 0.277. The number of Topliss-reactive ketones (excluding diaryl/α,β-unsaturated/α-hetero) is 1. The Labute approximate surface area is 212 Å². The summed E-state index contributed by atoms with van der Waals surface area (Å²) in [5.74, 6) is -2.02. The molecule has 204 valence electrons. The lowest BCUT2D eigenvalue weighted by Crippen LogP contribution is -2.87. The van der Waals surface area contributed by atoms with Crippen LogP contribution in [0.5, 0.6) is 0 Å². The van der Waals surface area contributed by atoms with Gasteiger partial charge in [0.05, 0.1) is 18.3 Å². The average molecular weight is 512 g/mol. The normalized spacial score (nSPS) is 43.5. The van der Waals surface area contributed by atoms with Crippen LogP contribution in [0.4, 0.5) is 4.79 Å². The van der Waals surface area contributed by atoms with Crippen molar-refractivity contribution in [3.8, 4) is 0 Å². The molecule has 3 fully saturated rings. The van der Waals surface area contributed by atoms with E-state index in [1.165, 1.54) is 27.0 Å². The van der Waals surface area contributed by atoms with Gasteiger partial charge >= 0.3 is 12.1 Å². The summed E-state index contributed by atoms with van der Waals surface area (Å²) in [6, 6.07) is 0. The number of aliphatic hydroxyl groups is 2. The zero-order valence-electron chi connectivity index (χ0n) is 22.4. The molecule has 2 saturated carbocycles. The van der Waals surface area contributed by atoms with E-state index >= 15 is 0 Å². The highest BCUT2D eigenvalue weighted by Crippen LogP contribution is 2.67. The van der Waals surface area contributed by atoms with Crippen LogP contribution >= 0.6 is 0 Å². The van der Waals surface area contributed by atoms with Gasteiger partial charge in [-0.25, -0.2) is 4.79 Å². The maximum absolute atomic E-state index is 13.9. The fraction of sp³-hybridized carbons (Fsp3) is 0.808. The van der Waals surface area contributed by atoms with Gasteiger partial charge in [-0.1, -0.05) is 26.8 Å². The number of alkyl carbamates (subject to hydrolysis) is 1. The lowest BCUT2D eigenvalue weighted by Gasteiger charge is -2.71. The molecule has 8 atom stereocenters. The Kier molecular flexibility index (Phi) is 7.44. The van der Waals surface area contributed by atoms with E-state index in [1.807, 2.05) is 13.8 Å². The topological polar surface area (TPSA) is 141 Å². The van der Waals surface area contributed by atoms with Crippen LogP contribution in [0.25, 0.3) is 0 Å². The number of methoxy groups -OCH3 is 1. The number of amides is 1. The van der Waals surface area contributed by atoms with E-state index in [9.17, 15) is 24.6 Å². The van der Waals surface area contributed by atoms with E-state index in [0.717, 1.165) is 0 Å². The first-order chi connectivity index (χ1) is 16.5. The highest BCUT2D eigenvalue weighted by Gasteiger charge is 2.82. The van der Waals surface area contributed by atoms with Crippen molar-refractivity contribution in [1.29, 1.82) is 0 Å². The van der Waals surface area contributed by atoms with Gasteiger partial charge in [0.25, 0.3) is 0 Å². The zero-order valence-corrected chi connectivity index (χ0v) is 22.4. The molecule has 3 aliphatic rings. The lowest BCUT2D eigenvalue weighted by molar-refractivity contribution is -0.369.